The molecule has 0 saturated heterocycles. The summed E-state index contributed by atoms with van der Waals surface area (Å²) in [5.41, 5.74) is -2.11. The van der Waals surface area contributed by atoms with Gasteiger partial charge in [0.1, 0.15) is 11.3 Å². The highest BCUT2D eigenvalue weighted by Gasteiger charge is 2.23. The van der Waals surface area contributed by atoms with E-state index in [9.17, 15) is 19.5 Å². The van der Waals surface area contributed by atoms with Crippen molar-refractivity contribution in [2.45, 2.75) is 0 Å². The topological polar surface area (TPSA) is 132 Å². The van der Waals surface area contributed by atoms with Crippen LogP contribution in [0.3, 0.4) is 0 Å². The summed E-state index contributed by atoms with van der Waals surface area (Å²) in [5.74, 6) is -5.64. The lowest BCUT2D eigenvalue weighted by Gasteiger charge is -2.05. The maximum atomic E-state index is 10.7. The number of carboxylic acids is 3. The second-order valence-corrected chi connectivity index (χ2v) is 2.83. The van der Waals surface area contributed by atoms with Gasteiger partial charge >= 0.3 is 17.9 Å². The molecule has 7 nitrogen and oxygen atoms in total. The second-order valence-electron chi connectivity index (χ2n) is 2.83. The molecular weight excluding hydrogens is 247 g/mol. The van der Waals surface area contributed by atoms with Crippen LogP contribution in [0.2, 0.25) is 0 Å². The second kappa shape index (κ2) is 5.34. The van der Waals surface area contributed by atoms with Gasteiger partial charge in [-0.2, -0.15) is 0 Å². The third-order valence-electron chi connectivity index (χ3n) is 1.81. The van der Waals surface area contributed by atoms with Crippen molar-refractivity contribution in [3.63, 3.8) is 0 Å². The lowest BCUT2D eigenvalue weighted by atomic mass is 10.0. The highest BCUT2D eigenvalue weighted by atomic mass is 27.0. The number of hydrogen-bond acceptors (Lipinski definition) is 4. The fourth-order valence-electron chi connectivity index (χ4n) is 1.14. The first kappa shape index (κ1) is 15.0. The van der Waals surface area contributed by atoms with Crippen LogP contribution in [0, 0.1) is 0 Å². The lowest BCUT2D eigenvalue weighted by molar-refractivity contribution is 0.0645. The number of phenols is 1. The summed E-state index contributed by atoms with van der Waals surface area (Å²) in [6.45, 7) is 0. The molecule has 1 aromatic carbocycles. The van der Waals surface area contributed by atoms with Gasteiger partial charge in [-0.05, 0) is 12.1 Å². The van der Waals surface area contributed by atoms with Gasteiger partial charge in [-0.3, -0.25) is 0 Å². The van der Waals surface area contributed by atoms with Crippen molar-refractivity contribution in [3.8, 4) is 5.75 Å². The van der Waals surface area contributed by atoms with Crippen LogP contribution in [-0.4, -0.2) is 55.7 Å². The summed E-state index contributed by atoms with van der Waals surface area (Å²) in [6, 6.07) is 1.35. The molecule has 1 aromatic rings. The van der Waals surface area contributed by atoms with Crippen molar-refractivity contribution < 1.29 is 34.8 Å². The number of aromatic carboxylic acids is 3. The van der Waals surface area contributed by atoms with Gasteiger partial charge in [0, 0.05) is 17.4 Å². The van der Waals surface area contributed by atoms with Crippen LogP contribution in [-0.2, 0) is 0 Å². The third-order valence-corrected chi connectivity index (χ3v) is 1.81. The number of hydrogen-bond donors (Lipinski definition) is 4. The number of carboxylic acid groups (broad SMARTS) is 3. The molecule has 0 aliphatic rings. The van der Waals surface area contributed by atoms with E-state index in [0.29, 0.717) is 12.1 Å². The smallest absolute Gasteiger partial charge is 0.340 e. The Morgan fingerprint density at radius 1 is 0.882 bits per heavy atom. The van der Waals surface area contributed by atoms with Crippen LogP contribution in [0.15, 0.2) is 12.1 Å². The van der Waals surface area contributed by atoms with Crippen LogP contribution in [0.1, 0.15) is 31.1 Å². The van der Waals surface area contributed by atoms with Crippen LogP contribution in [0.4, 0.5) is 0 Å². The van der Waals surface area contributed by atoms with Crippen molar-refractivity contribution >= 4 is 35.3 Å². The van der Waals surface area contributed by atoms with Crippen LogP contribution in [0.5, 0.6) is 5.75 Å². The van der Waals surface area contributed by atoms with E-state index in [2.05, 4.69) is 0 Å². The quantitative estimate of drug-likeness (QED) is 0.561. The zero-order chi connectivity index (χ0) is 12.5. The Kier molecular flexibility index (Phi) is 4.70. The molecule has 0 heterocycles. The summed E-state index contributed by atoms with van der Waals surface area (Å²) in [7, 11) is 0. The molecule has 0 atom stereocenters. The van der Waals surface area contributed by atoms with Crippen molar-refractivity contribution in [3.05, 3.63) is 28.8 Å². The van der Waals surface area contributed by atoms with Gasteiger partial charge < -0.3 is 20.4 Å². The van der Waals surface area contributed by atoms with Crippen LogP contribution >= 0.6 is 0 Å². The Labute approximate surface area is 105 Å². The molecular formula is C9H6AlO7. The number of benzene rings is 1. The maximum absolute atomic E-state index is 10.7. The maximum Gasteiger partial charge on any atom is 0.340 e. The molecule has 0 unspecified atom stereocenters. The molecule has 0 aliphatic carbocycles. The summed E-state index contributed by atoms with van der Waals surface area (Å²) in [6.07, 6.45) is 0. The Balaban J connectivity index is 0.00000256. The number of rotatable bonds is 3. The minimum atomic E-state index is -1.65. The monoisotopic (exact) mass is 253 g/mol. The fraction of sp³-hybridized carbons (Fsp3) is 0. The van der Waals surface area contributed by atoms with E-state index in [4.69, 9.17) is 15.3 Å². The van der Waals surface area contributed by atoms with Crippen LogP contribution in [0.25, 0.3) is 0 Å². The molecule has 17 heavy (non-hydrogen) atoms. The Bertz CT molecular complexity index is 494. The molecule has 87 valence electrons. The minimum absolute atomic E-state index is 0. The largest absolute Gasteiger partial charge is 0.507 e. The minimum Gasteiger partial charge on any atom is -0.507 e. The Morgan fingerprint density at radius 3 is 1.76 bits per heavy atom. The molecule has 0 spiro atoms. The standard InChI is InChI=1S/C9H6O7.Al/c10-5-2-3(7(11)12)1-4(8(13)14)6(5)9(15)16;/h1-2,10H,(H,11,12)(H,13,14)(H,15,16);. The highest BCUT2D eigenvalue weighted by molar-refractivity contribution is 6.05. The average Bonchev–Trinajstić information content (AvgIpc) is 2.15. The third kappa shape index (κ3) is 2.96. The zero-order valence-corrected chi connectivity index (χ0v) is 9.40. The molecule has 0 saturated carbocycles. The molecule has 3 radical (unpaired) electrons. The van der Waals surface area contributed by atoms with Gasteiger partial charge in [0.05, 0.1) is 11.1 Å². The van der Waals surface area contributed by atoms with Crippen molar-refractivity contribution in [2.24, 2.45) is 0 Å². The van der Waals surface area contributed by atoms with E-state index in [1.54, 1.807) is 0 Å². The summed E-state index contributed by atoms with van der Waals surface area (Å²) < 4.78 is 0. The van der Waals surface area contributed by atoms with Crippen LogP contribution < -0.4 is 0 Å². The summed E-state index contributed by atoms with van der Waals surface area (Å²) in [4.78, 5) is 31.9. The van der Waals surface area contributed by atoms with Gasteiger partial charge in [0.2, 0.25) is 0 Å². The summed E-state index contributed by atoms with van der Waals surface area (Å²) >= 11 is 0. The average molecular weight is 253 g/mol. The first-order valence-electron chi connectivity index (χ1n) is 3.91. The predicted molar refractivity (Wildman–Crippen MR) is 54.7 cm³/mol. The molecule has 0 bridgehead atoms. The molecule has 8 heteroatoms. The highest BCUT2D eigenvalue weighted by Crippen LogP contribution is 2.24. The van der Waals surface area contributed by atoms with E-state index in [0.717, 1.165) is 0 Å². The molecule has 4 N–H and O–H groups in total. The Morgan fingerprint density at radius 2 is 1.41 bits per heavy atom. The van der Waals surface area contributed by atoms with Crippen molar-refractivity contribution in [2.75, 3.05) is 0 Å². The van der Waals surface area contributed by atoms with E-state index in [1.165, 1.54) is 0 Å². The van der Waals surface area contributed by atoms with Crippen molar-refractivity contribution in [1.82, 2.24) is 0 Å². The number of carbonyl (C=O) groups is 3. The van der Waals surface area contributed by atoms with Gasteiger partial charge in [0.25, 0.3) is 0 Å². The molecule has 0 aliphatic heterocycles. The normalized spacial score (nSPS) is 9.18. The van der Waals surface area contributed by atoms with Gasteiger partial charge in [-0.1, -0.05) is 0 Å². The summed E-state index contributed by atoms with van der Waals surface area (Å²) in [5, 5.41) is 35.2. The number of aromatic hydroxyl groups is 1. The predicted octanol–water partition coefficient (Wildman–Crippen LogP) is 0.106. The zero-order valence-electron chi connectivity index (χ0n) is 8.25. The SMILES string of the molecule is O=C(O)c1cc(O)c(C(=O)O)c(C(=O)O)c1.[Al]. The van der Waals surface area contributed by atoms with Crippen molar-refractivity contribution in [1.29, 1.82) is 0 Å². The first-order valence-corrected chi connectivity index (χ1v) is 3.91. The van der Waals surface area contributed by atoms with E-state index in [-0.39, 0.29) is 17.4 Å². The van der Waals surface area contributed by atoms with Gasteiger partial charge in [0.15, 0.2) is 0 Å². The van der Waals surface area contributed by atoms with Gasteiger partial charge in [-0.25, -0.2) is 14.4 Å². The van der Waals surface area contributed by atoms with Gasteiger partial charge in [-0.15, -0.1) is 0 Å². The van der Waals surface area contributed by atoms with E-state index >= 15 is 0 Å². The molecule has 0 amide bonds. The molecule has 1 rings (SSSR count). The Hall–Kier alpha value is -2.04. The lowest BCUT2D eigenvalue weighted by Crippen LogP contribution is -2.10. The molecule has 0 fully saturated rings. The van der Waals surface area contributed by atoms with E-state index < -0.39 is 40.3 Å². The van der Waals surface area contributed by atoms with E-state index in [1.807, 2.05) is 0 Å². The molecule has 0 aromatic heterocycles. The first-order chi connectivity index (χ1) is 7.34. The fourth-order valence-corrected chi connectivity index (χ4v) is 1.14.